The van der Waals surface area contributed by atoms with Gasteiger partial charge in [-0.2, -0.15) is 0 Å². The molecular weight excluding hydrogens is 601 g/mol. The number of benzene rings is 8. The van der Waals surface area contributed by atoms with E-state index in [0.29, 0.717) is 0 Å². The van der Waals surface area contributed by atoms with Crippen LogP contribution in [0.2, 0.25) is 0 Å². The molecule has 9 rings (SSSR count). The van der Waals surface area contributed by atoms with Gasteiger partial charge in [-0.15, -0.1) is 0 Å². The number of hydrogen-bond donors (Lipinski definition) is 0. The van der Waals surface area contributed by atoms with E-state index in [9.17, 15) is 0 Å². The van der Waals surface area contributed by atoms with Crippen molar-refractivity contribution in [2.75, 3.05) is 0 Å². The predicted molar refractivity (Wildman–Crippen MR) is 212 cm³/mol. The molecule has 2 atom stereocenters. The van der Waals surface area contributed by atoms with Crippen LogP contribution in [-0.2, 0) is 10.8 Å². The molecule has 1 saturated carbocycles. The van der Waals surface area contributed by atoms with Crippen LogP contribution in [-0.4, -0.2) is 0 Å². The van der Waals surface area contributed by atoms with E-state index in [2.05, 4.69) is 188 Å². The van der Waals surface area contributed by atoms with E-state index in [1.807, 2.05) is 0 Å². The maximum Gasteiger partial charge on any atom is 0.0408 e. The topological polar surface area (TPSA) is 0 Å². The molecule has 0 aromatic heterocycles. The molecule has 8 aromatic rings. The second-order valence-corrected chi connectivity index (χ2v) is 14.3. The van der Waals surface area contributed by atoms with Crippen molar-refractivity contribution >= 4 is 32.3 Å². The van der Waals surface area contributed by atoms with E-state index < -0.39 is 10.8 Å². The summed E-state index contributed by atoms with van der Waals surface area (Å²) in [5.41, 5.74) is 6.17. The SMILES string of the molecule is c1ccc(C2CCCCCC(c3ccccc3)(c3cccc4cc5cc6ccccc6cc5cc34)C2(c2ccccc2)c2ccccc2)cc1. The molecule has 0 heterocycles. The average molecular weight is 643 g/mol. The van der Waals surface area contributed by atoms with Gasteiger partial charge in [0.1, 0.15) is 0 Å². The van der Waals surface area contributed by atoms with Gasteiger partial charge >= 0.3 is 0 Å². The summed E-state index contributed by atoms with van der Waals surface area (Å²) in [7, 11) is 0. The minimum atomic E-state index is -0.425. The molecule has 0 aliphatic heterocycles. The number of rotatable bonds is 5. The summed E-state index contributed by atoms with van der Waals surface area (Å²) in [5.74, 6) is 0.230. The lowest BCUT2D eigenvalue weighted by atomic mass is 9.43. The Kier molecular flexibility index (Phi) is 7.81. The summed E-state index contributed by atoms with van der Waals surface area (Å²) < 4.78 is 0. The summed E-state index contributed by atoms with van der Waals surface area (Å²) in [6, 6.07) is 71.7. The van der Waals surface area contributed by atoms with Gasteiger partial charge < -0.3 is 0 Å². The lowest BCUT2D eigenvalue weighted by Crippen LogP contribution is -2.55. The molecule has 50 heavy (non-hydrogen) atoms. The average Bonchev–Trinajstić information content (AvgIpc) is 3.18. The zero-order valence-corrected chi connectivity index (χ0v) is 28.5. The Morgan fingerprint density at radius 3 is 1.50 bits per heavy atom. The second kappa shape index (κ2) is 12.8. The minimum Gasteiger partial charge on any atom is -0.0622 e. The third-order valence-corrected chi connectivity index (χ3v) is 11.8. The van der Waals surface area contributed by atoms with Gasteiger partial charge in [0.2, 0.25) is 0 Å². The number of fused-ring (bicyclic) bond motifs is 3. The molecule has 8 aromatic carbocycles. The van der Waals surface area contributed by atoms with Crippen LogP contribution in [0.5, 0.6) is 0 Å². The van der Waals surface area contributed by atoms with E-state index in [4.69, 9.17) is 0 Å². The van der Waals surface area contributed by atoms with Crippen molar-refractivity contribution in [1.82, 2.24) is 0 Å². The molecule has 0 saturated heterocycles. The largest absolute Gasteiger partial charge is 0.0622 e. The van der Waals surface area contributed by atoms with Crippen LogP contribution in [0, 0.1) is 0 Å². The Labute approximate surface area is 296 Å². The molecule has 0 amide bonds. The highest BCUT2D eigenvalue weighted by atomic mass is 14.6. The smallest absolute Gasteiger partial charge is 0.0408 e. The summed E-state index contributed by atoms with van der Waals surface area (Å²) in [6.07, 6.45) is 5.74. The van der Waals surface area contributed by atoms with Gasteiger partial charge in [-0.3, -0.25) is 0 Å². The first-order chi connectivity index (χ1) is 24.8. The molecule has 0 nitrogen and oxygen atoms in total. The monoisotopic (exact) mass is 642 g/mol. The fourth-order valence-electron chi connectivity index (χ4n) is 9.88. The first kappa shape index (κ1) is 30.6. The molecule has 0 heteroatoms. The van der Waals surface area contributed by atoms with Crippen molar-refractivity contribution in [3.8, 4) is 0 Å². The van der Waals surface area contributed by atoms with Crippen molar-refractivity contribution in [2.24, 2.45) is 0 Å². The first-order valence-electron chi connectivity index (χ1n) is 18.4. The Hall–Kier alpha value is -5.46. The summed E-state index contributed by atoms with van der Waals surface area (Å²) in [4.78, 5) is 0. The fourth-order valence-corrected chi connectivity index (χ4v) is 9.88. The van der Waals surface area contributed by atoms with Gasteiger partial charge in [0.25, 0.3) is 0 Å². The standard InChI is InChI=1S/C50H42/c1-6-19-37(20-7-1)47-30-14-5-17-32-49(43-24-8-2-9-25-43,50(47,44-26-10-3-11-27-44)45-28-12-4-13-29-45)48-31-18-23-40-35-41-33-38-21-15-16-22-39(38)34-42(41)36-46(40)48/h1-4,6-13,15-16,18-29,31,33-36,47H,5,14,17,30,32H2. The number of hydrogen-bond acceptors (Lipinski definition) is 0. The highest BCUT2D eigenvalue weighted by Crippen LogP contribution is 2.64. The van der Waals surface area contributed by atoms with Crippen molar-refractivity contribution in [2.45, 2.75) is 48.9 Å². The molecule has 0 radical (unpaired) electrons. The molecule has 242 valence electrons. The van der Waals surface area contributed by atoms with Crippen LogP contribution in [0.15, 0.2) is 188 Å². The highest BCUT2D eigenvalue weighted by molar-refractivity contribution is 6.06. The molecule has 1 fully saturated rings. The summed E-state index contributed by atoms with van der Waals surface area (Å²) in [6.45, 7) is 0. The maximum absolute atomic E-state index is 2.51. The Morgan fingerprint density at radius 2 is 0.880 bits per heavy atom. The van der Waals surface area contributed by atoms with Crippen LogP contribution in [0.25, 0.3) is 32.3 Å². The Balaban J connectivity index is 1.49. The predicted octanol–water partition coefficient (Wildman–Crippen LogP) is 13.2. The zero-order chi connectivity index (χ0) is 33.4. The minimum absolute atomic E-state index is 0.230. The third-order valence-electron chi connectivity index (χ3n) is 11.8. The molecule has 2 unspecified atom stereocenters. The van der Waals surface area contributed by atoms with Gasteiger partial charge in [0, 0.05) is 10.8 Å². The van der Waals surface area contributed by atoms with E-state index in [-0.39, 0.29) is 5.92 Å². The van der Waals surface area contributed by atoms with Crippen molar-refractivity contribution in [1.29, 1.82) is 0 Å². The van der Waals surface area contributed by atoms with Crippen LogP contribution in [0.3, 0.4) is 0 Å². The van der Waals surface area contributed by atoms with E-state index in [0.717, 1.165) is 19.3 Å². The second-order valence-electron chi connectivity index (χ2n) is 14.3. The lowest BCUT2D eigenvalue weighted by Gasteiger charge is -2.58. The molecule has 0 N–H and O–H groups in total. The summed E-state index contributed by atoms with van der Waals surface area (Å²) in [5, 5.41) is 7.81. The molecule has 1 aliphatic carbocycles. The Bertz CT molecular complexity index is 2350. The fraction of sp³-hybridized carbons (Fsp3) is 0.160. The Morgan fingerprint density at radius 1 is 0.380 bits per heavy atom. The van der Waals surface area contributed by atoms with Gasteiger partial charge in [-0.05, 0) is 103 Å². The van der Waals surface area contributed by atoms with Crippen molar-refractivity contribution in [3.63, 3.8) is 0 Å². The third kappa shape index (κ3) is 4.81. The van der Waals surface area contributed by atoms with E-state index in [1.54, 1.807) is 0 Å². The molecule has 0 bridgehead atoms. The van der Waals surface area contributed by atoms with Crippen LogP contribution in [0.4, 0.5) is 0 Å². The van der Waals surface area contributed by atoms with Crippen LogP contribution in [0.1, 0.15) is 65.8 Å². The van der Waals surface area contributed by atoms with E-state index in [1.165, 1.54) is 73.0 Å². The molecular formula is C50H42. The van der Waals surface area contributed by atoms with E-state index >= 15 is 0 Å². The van der Waals surface area contributed by atoms with Crippen LogP contribution >= 0.6 is 0 Å². The quantitative estimate of drug-likeness (QED) is 0.164. The molecule has 1 aliphatic rings. The highest BCUT2D eigenvalue weighted by Gasteiger charge is 2.59. The van der Waals surface area contributed by atoms with Crippen molar-refractivity contribution < 1.29 is 0 Å². The lowest BCUT2D eigenvalue weighted by molar-refractivity contribution is 0.207. The normalized spacial score (nSPS) is 19.2. The van der Waals surface area contributed by atoms with Gasteiger partial charge in [0.15, 0.2) is 0 Å². The first-order valence-corrected chi connectivity index (χ1v) is 18.4. The summed E-state index contributed by atoms with van der Waals surface area (Å²) >= 11 is 0. The van der Waals surface area contributed by atoms with Gasteiger partial charge in [-0.1, -0.05) is 183 Å². The van der Waals surface area contributed by atoms with Gasteiger partial charge in [0.05, 0.1) is 0 Å². The zero-order valence-electron chi connectivity index (χ0n) is 28.5. The maximum atomic E-state index is 2.51. The van der Waals surface area contributed by atoms with Crippen molar-refractivity contribution in [3.05, 3.63) is 216 Å². The van der Waals surface area contributed by atoms with Crippen LogP contribution < -0.4 is 0 Å². The molecule has 0 spiro atoms. The van der Waals surface area contributed by atoms with Gasteiger partial charge in [-0.25, -0.2) is 0 Å².